The summed E-state index contributed by atoms with van der Waals surface area (Å²) in [7, 11) is 0. The van der Waals surface area contributed by atoms with Crippen LogP contribution in [0, 0.1) is 109 Å². The number of hydrogen-bond donors (Lipinski definition) is 0. The van der Waals surface area contributed by atoms with Crippen LogP contribution in [0.2, 0.25) is 0 Å². The Hall–Kier alpha value is -1.12. The molecule has 0 spiro atoms. The van der Waals surface area contributed by atoms with Gasteiger partial charge in [0.2, 0.25) is 0 Å². The minimum Gasteiger partial charge on any atom is -0.462 e. The van der Waals surface area contributed by atoms with E-state index >= 15 is 4.79 Å². The van der Waals surface area contributed by atoms with Crippen molar-refractivity contribution >= 4 is 11.8 Å². The smallest absolute Gasteiger partial charge is 0.312 e. The first kappa shape index (κ1) is 44.1. The number of carbonyl (C=O) groups is 2. The van der Waals surface area contributed by atoms with Crippen LogP contribution in [0.25, 0.3) is 0 Å². The van der Waals surface area contributed by atoms with Crippen molar-refractivity contribution in [3.63, 3.8) is 0 Å². The molecule has 2 unspecified atom stereocenters. The van der Waals surface area contributed by atoms with Crippen molar-refractivity contribution in [1.29, 1.82) is 0 Å². The zero-order valence-electron chi connectivity index (χ0n) is 41.2. The zero-order valence-corrected chi connectivity index (χ0v) is 41.2. The number of fused-ring (bicyclic) bond motifs is 12. The van der Waals surface area contributed by atoms with Crippen LogP contribution in [-0.4, -0.2) is 17.9 Å². The van der Waals surface area contributed by atoms with Gasteiger partial charge in [0, 0.05) is 18.3 Å². The number of carbonyl (C=O) groups excluding carboxylic acids is 2. The van der Waals surface area contributed by atoms with E-state index in [1.165, 1.54) is 96.3 Å². The summed E-state index contributed by atoms with van der Waals surface area (Å²) in [6.45, 7) is 30.2. The van der Waals surface area contributed by atoms with Crippen molar-refractivity contribution < 1.29 is 14.3 Å². The molecule has 3 heteroatoms. The molecule has 9 rings (SSSR count). The Bertz CT molecular complexity index is 1700. The van der Waals surface area contributed by atoms with Crippen LogP contribution in [-0.2, 0) is 14.3 Å². The molecule has 8 fully saturated rings. The molecule has 0 aliphatic heterocycles. The highest BCUT2D eigenvalue weighted by atomic mass is 16.5. The van der Waals surface area contributed by atoms with Gasteiger partial charge in [-0.1, -0.05) is 114 Å². The maximum absolute atomic E-state index is 15.3. The van der Waals surface area contributed by atoms with E-state index in [2.05, 4.69) is 89.2 Å². The van der Waals surface area contributed by atoms with Crippen molar-refractivity contribution in [2.75, 3.05) is 0 Å². The van der Waals surface area contributed by atoms with E-state index in [1.54, 1.807) is 5.57 Å². The summed E-state index contributed by atoms with van der Waals surface area (Å²) < 4.78 is 7.02. The van der Waals surface area contributed by atoms with Gasteiger partial charge in [-0.05, 0) is 201 Å². The van der Waals surface area contributed by atoms with Crippen LogP contribution >= 0.6 is 0 Å². The Morgan fingerprint density at radius 3 is 2.18 bits per heavy atom. The number of allylic oxidation sites excluding steroid dienone is 1. The number of ether oxygens (including phenoxy) is 1. The van der Waals surface area contributed by atoms with E-state index in [-0.39, 0.29) is 44.6 Å². The Labute approximate surface area is 369 Å². The fraction of sp³-hybridized carbons (Fsp3) is 0.930. The van der Waals surface area contributed by atoms with Gasteiger partial charge in [-0.25, -0.2) is 0 Å². The lowest BCUT2D eigenvalue weighted by molar-refractivity contribution is -0.238. The predicted octanol–water partition coefficient (Wildman–Crippen LogP) is 15.2. The summed E-state index contributed by atoms with van der Waals surface area (Å²) in [5, 5.41) is 0. The van der Waals surface area contributed by atoms with E-state index in [0.29, 0.717) is 46.7 Å². The molecule has 60 heavy (non-hydrogen) atoms. The van der Waals surface area contributed by atoms with Gasteiger partial charge in [0.05, 0.1) is 5.41 Å². The highest BCUT2D eigenvalue weighted by Gasteiger charge is 2.72. The van der Waals surface area contributed by atoms with E-state index in [9.17, 15) is 4.79 Å². The summed E-state index contributed by atoms with van der Waals surface area (Å²) >= 11 is 0. The number of ketones is 1. The molecule has 8 saturated carbocycles. The highest BCUT2D eigenvalue weighted by molar-refractivity contribution is 5.85. The second kappa shape index (κ2) is 15.0. The monoisotopic (exact) mass is 825 g/mol. The molecule has 9 aliphatic carbocycles. The lowest BCUT2D eigenvalue weighted by atomic mass is 9.32. The van der Waals surface area contributed by atoms with Crippen molar-refractivity contribution in [1.82, 2.24) is 0 Å². The first-order valence-electron chi connectivity index (χ1n) is 26.6. The predicted molar refractivity (Wildman–Crippen MR) is 247 cm³/mol. The molecule has 9 aliphatic rings. The average Bonchev–Trinajstić information content (AvgIpc) is 3.76. The van der Waals surface area contributed by atoms with Crippen LogP contribution in [0.3, 0.4) is 0 Å². The van der Waals surface area contributed by atoms with Gasteiger partial charge in [-0.15, -0.1) is 0 Å². The van der Waals surface area contributed by atoms with Crippen molar-refractivity contribution in [3.05, 3.63) is 11.6 Å². The largest absolute Gasteiger partial charge is 0.462 e. The van der Waals surface area contributed by atoms with Crippen LogP contribution in [0.5, 0.6) is 0 Å². The molecule has 0 aromatic heterocycles. The van der Waals surface area contributed by atoms with Gasteiger partial charge in [0.15, 0.2) is 0 Å². The fourth-order valence-corrected chi connectivity index (χ4v) is 20.6. The second-order valence-corrected chi connectivity index (χ2v) is 27.0. The normalized spacial score (nSPS) is 51.0. The third-order valence-corrected chi connectivity index (χ3v) is 24.0. The summed E-state index contributed by atoms with van der Waals surface area (Å²) in [6.07, 6.45) is 28.4. The molecule has 338 valence electrons. The molecule has 17 atom stereocenters. The van der Waals surface area contributed by atoms with Gasteiger partial charge in [-0.2, -0.15) is 0 Å². The Balaban J connectivity index is 0.911. The lowest BCUT2D eigenvalue weighted by Gasteiger charge is -2.72. The van der Waals surface area contributed by atoms with Gasteiger partial charge in [-0.3, -0.25) is 9.59 Å². The van der Waals surface area contributed by atoms with Gasteiger partial charge < -0.3 is 4.74 Å². The Kier molecular flexibility index (Phi) is 11.0. The minimum absolute atomic E-state index is 0.0482. The molecule has 0 aromatic rings. The number of esters is 1. The first-order valence-corrected chi connectivity index (χ1v) is 26.6. The minimum atomic E-state index is -0.311. The summed E-state index contributed by atoms with van der Waals surface area (Å²) in [5.74, 6) is 9.19. The van der Waals surface area contributed by atoms with Gasteiger partial charge in [0.25, 0.3) is 0 Å². The molecule has 0 N–H and O–H groups in total. The van der Waals surface area contributed by atoms with E-state index < -0.39 is 0 Å². The fourth-order valence-electron chi connectivity index (χ4n) is 20.6. The third-order valence-electron chi connectivity index (χ3n) is 24.0. The zero-order chi connectivity index (χ0) is 43.0. The summed E-state index contributed by atoms with van der Waals surface area (Å²) in [6, 6.07) is 0. The topological polar surface area (TPSA) is 43.4 Å². The van der Waals surface area contributed by atoms with Crippen LogP contribution in [0.1, 0.15) is 218 Å². The second-order valence-electron chi connectivity index (χ2n) is 27.0. The molecule has 0 heterocycles. The van der Waals surface area contributed by atoms with Crippen molar-refractivity contribution in [2.45, 2.75) is 224 Å². The molecular weight excluding hydrogens is 733 g/mol. The summed E-state index contributed by atoms with van der Waals surface area (Å²) in [4.78, 5) is 28.6. The van der Waals surface area contributed by atoms with Gasteiger partial charge in [0.1, 0.15) is 11.9 Å². The molecule has 0 saturated heterocycles. The quantitative estimate of drug-likeness (QED) is 0.181. The van der Waals surface area contributed by atoms with Gasteiger partial charge >= 0.3 is 5.97 Å². The van der Waals surface area contributed by atoms with Crippen molar-refractivity contribution in [3.8, 4) is 0 Å². The third kappa shape index (κ3) is 6.15. The Morgan fingerprint density at radius 2 is 1.45 bits per heavy atom. The molecule has 0 radical (unpaired) electrons. The van der Waals surface area contributed by atoms with Crippen LogP contribution in [0.15, 0.2) is 11.6 Å². The van der Waals surface area contributed by atoms with E-state index in [0.717, 1.165) is 74.0 Å². The average molecular weight is 825 g/mol. The first-order chi connectivity index (χ1) is 28.2. The molecule has 0 aromatic carbocycles. The molecular formula is C57H92O3. The molecule has 3 nitrogen and oxygen atoms in total. The number of rotatable bonds is 8. The maximum atomic E-state index is 15.3. The highest BCUT2D eigenvalue weighted by Crippen LogP contribution is 2.78. The molecule has 0 amide bonds. The van der Waals surface area contributed by atoms with E-state index in [4.69, 9.17) is 4.74 Å². The Morgan fingerprint density at radius 1 is 0.700 bits per heavy atom. The number of hydrogen-bond acceptors (Lipinski definition) is 3. The van der Waals surface area contributed by atoms with Crippen LogP contribution < -0.4 is 0 Å². The molecule has 0 bridgehead atoms. The van der Waals surface area contributed by atoms with E-state index in [1.807, 2.05) is 0 Å². The maximum Gasteiger partial charge on any atom is 0.312 e. The SMILES string of the molecule is CC(C)CCC[C@@H](C)[C@H]1CC[C@H]2[C@@H]3CC=C4C[C@H](OC(=O)[C@]56CC[C@@H](C(C)C)C5[C@H]5CC[C@@H]7[C@@]8(C)CCC(=O)C(C)(C)C8CC[C@@]7(C)[C@]5(C)CC6)CC[C@]4(C)[C@H]3CC[C@]12C. The summed E-state index contributed by atoms with van der Waals surface area (Å²) in [5.41, 5.74) is 2.64. The number of Topliss-reactive ketones (excluding diaryl/α,β-unsaturated/α-hetero) is 1. The lowest BCUT2D eigenvalue weighted by Crippen LogP contribution is -2.67. The van der Waals surface area contributed by atoms with Crippen molar-refractivity contribution in [2.24, 2.45) is 109 Å². The standard InChI is InChI=1S/C57H92O3/c1-35(2)14-13-15-37(5)42-18-19-43-41-17-16-38-34-39(22-27-52(38,8)44(41)24-28-53(42,43)9)60-50(59)57-31-23-40(36(3)4)49(57)45-20-21-47-54(10)29-26-48(58)51(6,7)46(54)25-30-56(47,12)55(45,11)32-33-57/h16,35-37,39-47,49H,13-15,17-34H2,1-12H3/t37-,39-,40+,41+,42-,43+,44+,45-,46?,47-,49?,52+,53-,54+,55-,56-,57+/m1/s1. The van der Waals surface area contributed by atoms with Crippen LogP contribution in [0.4, 0.5) is 0 Å².